The summed E-state index contributed by atoms with van der Waals surface area (Å²) in [4.78, 5) is 1.88. The molecule has 1 heterocycles. The average Bonchev–Trinajstić information content (AvgIpc) is 2.29. The Morgan fingerprint density at radius 2 is 1.82 bits per heavy atom. The summed E-state index contributed by atoms with van der Waals surface area (Å²) in [5.74, 6) is 0. The zero-order chi connectivity index (χ0) is 12.5. The van der Waals surface area contributed by atoms with Crippen LogP contribution in [-0.4, -0.2) is 24.3 Å². The summed E-state index contributed by atoms with van der Waals surface area (Å²) >= 11 is 0. The van der Waals surface area contributed by atoms with Gasteiger partial charge in [0.25, 0.3) is 0 Å². The van der Waals surface area contributed by atoms with Gasteiger partial charge in [-0.1, -0.05) is 6.07 Å². The molecule has 5 heteroatoms. The Bertz CT molecular complexity index is 384. The second-order valence-electron chi connectivity index (χ2n) is 4.27. The van der Waals surface area contributed by atoms with Gasteiger partial charge >= 0.3 is 6.18 Å². The Labute approximate surface area is 97.7 Å². The Kier molecular flexibility index (Phi) is 3.28. The lowest BCUT2D eigenvalue weighted by Gasteiger charge is -2.31. The van der Waals surface area contributed by atoms with Crippen LogP contribution in [0.1, 0.15) is 18.4 Å². The van der Waals surface area contributed by atoms with E-state index in [1.165, 1.54) is 6.07 Å². The molecule has 0 saturated carbocycles. The number of halogens is 3. The fraction of sp³-hybridized carbons (Fsp3) is 0.500. The normalized spacial score (nSPS) is 18.5. The van der Waals surface area contributed by atoms with Crippen LogP contribution in [0.2, 0.25) is 0 Å². The number of piperidine rings is 1. The van der Waals surface area contributed by atoms with E-state index in [1.807, 2.05) is 4.90 Å². The molecule has 1 aromatic carbocycles. The van der Waals surface area contributed by atoms with Gasteiger partial charge in [-0.15, -0.1) is 0 Å². The number of hydrogen-bond acceptors (Lipinski definition) is 2. The fourth-order valence-corrected chi connectivity index (χ4v) is 2.00. The van der Waals surface area contributed by atoms with Gasteiger partial charge in [0.15, 0.2) is 0 Å². The lowest BCUT2D eigenvalue weighted by Crippen LogP contribution is -2.35. The van der Waals surface area contributed by atoms with Crippen molar-refractivity contribution in [1.82, 2.24) is 0 Å². The van der Waals surface area contributed by atoms with Gasteiger partial charge in [0, 0.05) is 18.8 Å². The zero-order valence-electron chi connectivity index (χ0n) is 9.24. The van der Waals surface area contributed by atoms with Crippen LogP contribution in [0.15, 0.2) is 24.3 Å². The first-order valence-corrected chi connectivity index (χ1v) is 5.57. The van der Waals surface area contributed by atoms with Crippen molar-refractivity contribution in [2.45, 2.75) is 25.1 Å². The monoisotopic (exact) mass is 245 g/mol. The Morgan fingerprint density at radius 1 is 1.18 bits per heavy atom. The molecule has 1 saturated heterocycles. The minimum atomic E-state index is -4.30. The molecule has 1 aliphatic heterocycles. The van der Waals surface area contributed by atoms with Crippen molar-refractivity contribution < 1.29 is 18.3 Å². The minimum absolute atomic E-state index is 0.322. The highest BCUT2D eigenvalue weighted by Crippen LogP contribution is 2.32. The average molecular weight is 245 g/mol. The van der Waals surface area contributed by atoms with Crippen LogP contribution in [0.4, 0.5) is 18.9 Å². The number of aliphatic hydroxyl groups excluding tert-OH is 1. The SMILES string of the molecule is OC1CCN(c2cccc(C(F)(F)F)c2)CC1. The molecule has 1 aliphatic rings. The van der Waals surface area contributed by atoms with E-state index in [0.29, 0.717) is 31.6 Å². The van der Waals surface area contributed by atoms with Crippen LogP contribution in [-0.2, 0) is 6.18 Å². The first-order chi connectivity index (χ1) is 7.97. The van der Waals surface area contributed by atoms with E-state index in [1.54, 1.807) is 6.07 Å². The molecule has 0 radical (unpaired) electrons. The van der Waals surface area contributed by atoms with E-state index < -0.39 is 11.7 Å². The summed E-state index contributed by atoms with van der Waals surface area (Å²) in [5.41, 5.74) is -0.0483. The van der Waals surface area contributed by atoms with Crippen molar-refractivity contribution in [2.24, 2.45) is 0 Å². The summed E-state index contributed by atoms with van der Waals surface area (Å²) < 4.78 is 37.6. The van der Waals surface area contributed by atoms with Crippen molar-refractivity contribution in [1.29, 1.82) is 0 Å². The number of hydrogen-bond donors (Lipinski definition) is 1. The zero-order valence-corrected chi connectivity index (χ0v) is 9.24. The lowest BCUT2D eigenvalue weighted by molar-refractivity contribution is -0.137. The smallest absolute Gasteiger partial charge is 0.393 e. The number of benzene rings is 1. The molecule has 0 aliphatic carbocycles. The first-order valence-electron chi connectivity index (χ1n) is 5.57. The van der Waals surface area contributed by atoms with Gasteiger partial charge in [0.05, 0.1) is 11.7 Å². The van der Waals surface area contributed by atoms with Crippen LogP contribution < -0.4 is 4.90 Å². The van der Waals surface area contributed by atoms with Gasteiger partial charge in [0.1, 0.15) is 0 Å². The molecular weight excluding hydrogens is 231 g/mol. The molecule has 0 atom stereocenters. The maximum absolute atomic E-state index is 12.5. The standard InChI is InChI=1S/C12H14F3NO/c13-12(14,15)9-2-1-3-10(8-9)16-6-4-11(17)5-7-16/h1-3,8,11,17H,4-7H2. The van der Waals surface area contributed by atoms with E-state index in [0.717, 1.165) is 12.1 Å². The Balaban J connectivity index is 2.16. The number of anilines is 1. The molecule has 2 nitrogen and oxygen atoms in total. The molecule has 0 amide bonds. The second kappa shape index (κ2) is 4.56. The molecule has 1 N–H and O–H groups in total. The van der Waals surface area contributed by atoms with Crippen LogP contribution in [0.5, 0.6) is 0 Å². The maximum Gasteiger partial charge on any atom is 0.416 e. The third kappa shape index (κ3) is 2.91. The van der Waals surface area contributed by atoms with Crippen LogP contribution >= 0.6 is 0 Å². The highest BCUT2D eigenvalue weighted by atomic mass is 19.4. The van der Waals surface area contributed by atoms with Crippen molar-refractivity contribution in [2.75, 3.05) is 18.0 Å². The van der Waals surface area contributed by atoms with E-state index in [9.17, 15) is 18.3 Å². The topological polar surface area (TPSA) is 23.5 Å². The van der Waals surface area contributed by atoms with Crippen molar-refractivity contribution in [3.8, 4) is 0 Å². The Hall–Kier alpha value is -1.23. The van der Waals surface area contributed by atoms with Gasteiger partial charge in [0.2, 0.25) is 0 Å². The van der Waals surface area contributed by atoms with Gasteiger partial charge in [-0.2, -0.15) is 13.2 Å². The summed E-state index contributed by atoms with van der Waals surface area (Å²) in [6.07, 6.45) is -3.41. The molecule has 0 aromatic heterocycles. The first kappa shape index (κ1) is 12.2. The molecule has 2 rings (SSSR count). The van der Waals surface area contributed by atoms with E-state index >= 15 is 0 Å². The van der Waals surface area contributed by atoms with Crippen LogP contribution in [0.25, 0.3) is 0 Å². The van der Waals surface area contributed by atoms with Gasteiger partial charge in [-0.3, -0.25) is 0 Å². The summed E-state index contributed by atoms with van der Waals surface area (Å²) in [6.45, 7) is 1.20. The van der Waals surface area contributed by atoms with E-state index in [4.69, 9.17) is 0 Å². The van der Waals surface area contributed by atoms with Crippen LogP contribution in [0.3, 0.4) is 0 Å². The fourth-order valence-electron chi connectivity index (χ4n) is 2.00. The third-order valence-electron chi connectivity index (χ3n) is 3.00. The Morgan fingerprint density at radius 3 is 2.41 bits per heavy atom. The highest BCUT2D eigenvalue weighted by molar-refractivity contribution is 5.49. The van der Waals surface area contributed by atoms with Crippen molar-refractivity contribution in [3.63, 3.8) is 0 Å². The van der Waals surface area contributed by atoms with E-state index in [-0.39, 0.29) is 6.10 Å². The highest BCUT2D eigenvalue weighted by Gasteiger charge is 2.31. The van der Waals surface area contributed by atoms with Crippen LogP contribution in [0, 0.1) is 0 Å². The quantitative estimate of drug-likeness (QED) is 0.822. The number of aliphatic hydroxyl groups is 1. The molecule has 0 unspecified atom stereocenters. The largest absolute Gasteiger partial charge is 0.416 e. The molecule has 1 fully saturated rings. The number of nitrogens with zero attached hydrogens (tertiary/aromatic N) is 1. The predicted molar refractivity (Wildman–Crippen MR) is 58.9 cm³/mol. The second-order valence-corrected chi connectivity index (χ2v) is 4.27. The molecule has 1 aromatic rings. The number of alkyl halides is 3. The summed E-state index contributed by atoms with van der Waals surface area (Å²) in [5, 5.41) is 9.35. The predicted octanol–water partition coefficient (Wildman–Crippen LogP) is 2.67. The third-order valence-corrected chi connectivity index (χ3v) is 3.00. The van der Waals surface area contributed by atoms with Crippen molar-refractivity contribution in [3.05, 3.63) is 29.8 Å². The van der Waals surface area contributed by atoms with Gasteiger partial charge in [-0.25, -0.2) is 0 Å². The molecule has 0 bridgehead atoms. The number of rotatable bonds is 1. The summed E-state index contributed by atoms with van der Waals surface area (Å²) in [7, 11) is 0. The lowest BCUT2D eigenvalue weighted by atomic mass is 10.1. The molecular formula is C12H14F3NO. The van der Waals surface area contributed by atoms with Gasteiger partial charge < -0.3 is 10.0 Å². The van der Waals surface area contributed by atoms with E-state index in [2.05, 4.69) is 0 Å². The van der Waals surface area contributed by atoms with Crippen molar-refractivity contribution >= 4 is 5.69 Å². The van der Waals surface area contributed by atoms with Gasteiger partial charge in [-0.05, 0) is 31.0 Å². The molecule has 17 heavy (non-hydrogen) atoms. The minimum Gasteiger partial charge on any atom is -0.393 e. The maximum atomic E-state index is 12.5. The molecule has 94 valence electrons. The summed E-state index contributed by atoms with van der Waals surface area (Å²) in [6, 6.07) is 5.33. The molecule has 0 spiro atoms.